The fourth-order valence-electron chi connectivity index (χ4n) is 5.68. The summed E-state index contributed by atoms with van der Waals surface area (Å²) in [6.07, 6.45) is 4.06. The predicted molar refractivity (Wildman–Crippen MR) is 149 cm³/mol. The van der Waals surface area contributed by atoms with E-state index in [1.807, 2.05) is 24.3 Å². The van der Waals surface area contributed by atoms with Gasteiger partial charge in [0.05, 0.1) is 0 Å². The maximum atomic E-state index is 13.7. The lowest BCUT2D eigenvalue weighted by Gasteiger charge is -2.37. The number of thiophene rings is 1. The van der Waals surface area contributed by atoms with E-state index >= 15 is 0 Å². The maximum absolute atomic E-state index is 13.7. The lowest BCUT2D eigenvalue weighted by atomic mass is 10.1. The van der Waals surface area contributed by atoms with Gasteiger partial charge in [-0.1, -0.05) is 41.9 Å². The standard InChI is InChI=1S/C27H29ClN4O2S2/c28-27-22-7-2-1-6-21(22)26(19-29-27)36(33,34)32-12-4-5-20(32)10-13-30-14-16-31(17-15-30)24-8-3-9-25-23(24)11-18-35-25/h1-3,6-9,11,18-20H,4-5,10,12-17H2/t20-/m0/s1. The Morgan fingerprint density at radius 2 is 1.75 bits per heavy atom. The number of aromatic nitrogens is 1. The summed E-state index contributed by atoms with van der Waals surface area (Å²) in [5.41, 5.74) is 1.32. The number of fused-ring (bicyclic) bond motifs is 2. The molecule has 0 amide bonds. The van der Waals surface area contributed by atoms with E-state index in [4.69, 9.17) is 11.6 Å². The molecule has 6 rings (SSSR count). The zero-order valence-electron chi connectivity index (χ0n) is 20.0. The molecule has 0 bridgehead atoms. The van der Waals surface area contributed by atoms with E-state index in [1.165, 1.54) is 22.0 Å². The Hall–Kier alpha value is -2.23. The summed E-state index contributed by atoms with van der Waals surface area (Å²) < 4.78 is 30.5. The molecule has 4 heterocycles. The normalized spacial score (nSPS) is 20.0. The highest BCUT2D eigenvalue weighted by Gasteiger charge is 2.36. The minimum Gasteiger partial charge on any atom is -0.368 e. The van der Waals surface area contributed by atoms with Crippen molar-refractivity contribution in [1.29, 1.82) is 0 Å². The van der Waals surface area contributed by atoms with Gasteiger partial charge in [0.1, 0.15) is 10.0 Å². The van der Waals surface area contributed by atoms with Gasteiger partial charge in [-0.3, -0.25) is 4.90 Å². The molecule has 0 unspecified atom stereocenters. The van der Waals surface area contributed by atoms with Gasteiger partial charge in [0.15, 0.2) is 0 Å². The van der Waals surface area contributed by atoms with Gasteiger partial charge in [-0.15, -0.1) is 11.3 Å². The second-order valence-electron chi connectivity index (χ2n) is 9.60. The highest BCUT2D eigenvalue weighted by atomic mass is 35.5. The molecular weight excluding hydrogens is 512 g/mol. The third-order valence-corrected chi connectivity index (χ3v) is 10.7. The highest BCUT2D eigenvalue weighted by Crippen LogP contribution is 2.34. The Balaban J connectivity index is 1.12. The topological polar surface area (TPSA) is 56.8 Å². The molecule has 2 aromatic carbocycles. The van der Waals surface area contributed by atoms with E-state index < -0.39 is 10.0 Å². The first-order chi connectivity index (χ1) is 17.5. The zero-order chi connectivity index (χ0) is 24.7. The smallest absolute Gasteiger partial charge is 0.245 e. The molecule has 36 heavy (non-hydrogen) atoms. The SMILES string of the molecule is O=S(=O)(c1cnc(Cl)c2ccccc12)N1CCC[C@H]1CCN1CCN(c2cccc3sccc23)CC1. The molecule has 2 fully saturated rings. The first-order valence-electron chi connectivity index (χ1n) is 12.5. The molecule has 0 aliphatic carbocycles. The van der Waals surface area contributed by atoms with E-state index in [0.717, 1.165) is 52.0 Å². The summed E-state index contributed by atoms with van der Waals surface area (Å²) >= 11 is 8.04. The van der Waals surface area contributed by atoms with Crippen LogP contribution in [0.3, 0.4) is 0 Å². The minimum atomic E-state index is -3.66. The molecule has 9 heteroatoms. The second-order valence-corrected chi connectivity index (χ2v) is 12.8. The number of nitrogens with zero attached hydrogens (tertiary/aromatic N) is 4. The van der Waals surface area contributed by atoms with Crippen molar-refractivity contribution in [2.24, 2.45) is 0 Å². The van der Waals surface area contributed by atoms with Crippen LogP contribution in [0, 0.1) is 0 Å². The van der Waals surface area contributed by atoms with Gasteiger partial charge in [0.25, 0.3) is 0 Å². The summed E-state index contributed by atoms with van der Waals surface area (Å²) in [6.45, 7) is 5.43. The number of anilines is 1. The Morgan fingerprint density at radius 3 is 2.58 bits per heavy atom. The van der Waals surface area contributed by atoms with Crippen molar-refractivity contribution in [2.45, 2.75) is 30.2 Å². The molecule has 0 spiro atoms. The van der Waals surface area contributed by atoms with E-state index in [1.54, 1.807) is 15.6 Å². The average Bonchev–Trinajstić information content (AvgIpc) is 3.58. The fraction of sp³-hybridized carbons (Fsp3) is 0.370. The van der Waals surface area contributed by atoms with Crippen molar-refractivity contribution in [2.75, 3.05) is 44.2 Å². The summed E-state index contributed by atoms with van der Waals surface area (Å²) in [5.74, 6) is 0. The van der Waals surface area contributed by atoms with Crippen LogP contribution >= 0.6 is 22.9 Å². The van der Waals surface area contributed by atoms with Crippen LogP contribution in [0.2, 0.25) is 5.15 Å². The molecular formula is C27H29ClN4O2S2. The number of sulfonamides is 1. The quantitative estimate of drug-likeness (QED) is 0.304. The van der Waals surface area contributed by atoms with Crippen LogP contribution in [0.1, 0.15) is 19.3 Å². The first-order valence-corrected chi connectivity index (χ1v) is 15.2. The summed E-state index contributed by atoms with van der Waals surface area (Å²) in [5, 5.41) is 5.14. The van der Waals surface area contributed by atoms with Crippen LogP contribution < -0.4 is 4.90 Å². The number of rotatable bonds is 6. The Morgan fingerprint density at radius 1 is 0.944 bits per heavy atom. The highest BCUT2D eigenvalue weighted by molar-refractivity contribution is 7.89. The number of pyridine rings is 1. The van der Waals surface area contributed by atoms with Gasteiger partial charge in [-0.05, 0) is 49.4 Å². The van der Waals surface area contributed by atoms with Crippen LogP contribution in [-0.4, -0.2) is 67.9 Å². The largest absolute Gasteiger partial charge is 0.368 e. The van der Waals surface area contributed by atoms with Gasteiger partial charge in [-0.25, -0.2) is 13.4 Å². The Labute approximate surface area is 221 Å². The van der Waals surface area contributed by atoms with Crippen LogP contribution in [0.4, 0.5) is 5.69 Å². The molecule has 4 aromatic rings. The van der Waals surface area contributed by atoms with Crippen molar-refractivity contribution in [1.82, 2.24) is 14.2 Å². The van der Waals surface area contributed by atoms with Crippen LogP contribution in [0.25, 0.3) is 20.9 Å². The monoisotopic (exact) mass is 540 g/mol. The molecule has 6 nitrogen and oxygen atoms in total. The molecule has 2 aliphatic rings. The lowest BCUT2D eigenvalue weighted by Crippen LogP contribution is -2.47. The number of halogens is 1. The van der Waals surface area contributed by atoms with Crippen LogP contribution in [-0.2, 0) is 10.0 Å². The molecule has 1 atom stereocenters. The van der Waals surface area contributed by atoms with Gasteiger partial charge in [-0.2, -0.15) is 4.31 Å². The Kier molecular flexibility index (Phi) is 6.64. The summed E-state index contributed by atoms with van der Waals surface area (Å²) in [4.78, 5) is 9.40. The molecule has 188 valence electrons. The first kappa shape index (κ1) is 24.1. The molecule has 2 aromatic heterocycles. The summed E-state index contributed by atoms with van der Waals surface area (Å²) in [7, 11) is -3.66. The van der Waals surface area contributed by atoms with Gasteiger partial charge in [0.2, 0.25) is 10.0 Å². The van der Waals surface area contributed by atoms with Crippen LogP contribution in [0.15, 0.2) is 65.0 Å². The van der Waals surface area contributed by atoms with Crippen molar-refractivity contribution >= 4 is 59.5 Å². The van der Waals surface area contributed by atoms with Crippen LogP contribution in [0.5, 0.6) is 0 Å². The van der Waals surface area contributed by atoms with E-state index in [-0.39, 0.29) is 10.9 Å². The van der Waals surface area contributed by atoms with Gasteiger partial charge >= 0.3 is 0 Å². The number of hydrogen-bond acceptors (Lipinski definition) is 6. The molecule has 0 N–H and O–H groups in total. The molecule has 0 radical (unpaired) electrons. The number of benzene rings is 2. The second kappa shape index (κ2) is 9.91. The van der Waals surface area contributed by atoms with Crippen molar-refractivity contribution in [3.8, 4) is 0 Å². The predicted octanol–water partition coefficient (Wildman–Crippen LogP) is 5.47. The van der Waals surface area contributed by atoms with E-state index in [9.17, 15) is 8.42 Å². The molecule has 2 aliphatic heterocycles. The number of piperazine rings is 1. The third-order valence-electron chi connectivity index (χ3n) is 7.58. The average molecular weight is 541 g/mol. The minimum absolute atomic E-state index is 0.0158. The lowest BCUT2D eigenvalue weighted by molar-refractivity contribution is 0.232. The van der Waals surface area contributed by atoms with Gasteiger partial charge in [0, 0.05) is 71.5 Å². The summed E-state index contributed by atoms with van der Waals surface area (Å²) in [6, 6.07) is 16.1. The molecule has 0 saturated carbocycles. The molecule has 2 saturated heterocycles. The van der Waals surface area contributed by atoms with E-state index in [0.29, 0.717) is 22.5 Å². The maximum Gasteiger partial charge on any atom is 0.245 e. The van der Waals surface area contributed by atoms with E-state index in [2.05, 4.69) is 44.4 Å². The number of hydrogen-bond donors (Lipinski definition) is 0. The fourth-order valence-corrected chi connectivity index (χ4v) is 8.56. The van der Waals surface area contributed by atoms with Gasteiger partial charge < -0.3 is 4.90 Å². The van der Waals surface area contributed by atoms with Crippen molar-refractivity contribution in [3.63, 3.8) is 0 Å². The van der Waals surface area contributed by atoms with Crippen molar-refractivity contribution < 1.29 is 8.42 Å². The third kappa shape index (κ3) is 4.39. The zero-order valence-corrected chi connectivity index (χ0v) is 22.4. The Bertz CT molecular complexity index is 1500. The van der Waals surface area contributed by atoms with Crippen molar-refractivity contribution in [3.05, 3.63) is 65.3 Å².